The summed E-state index contributed by atoms with van der Waals surface area (Å²) in [4.78, 5) is 11.1. The summed E-state index contributed by atoms with van der Waals surface area (Å²) in [5.41, 5.74) is 1.53. The number of hydrogen-bond acceptors (Lipinski definition) is 3. The monoisotopic (exact) mass is 305 g/mol. The molecule has 122 valence electrons. The van der Waals surface area contributed by atoms with Crippen molar-refractivity contribution >= 4 is 5.97 Å². The minimum Gasteiger partial charge on any atom is -0.478 e. The van der Waals surface area contributed by atoms with Gasteiger partial charge in [0.25, 0.3) is 0 Å². The Balaban J connectivity index is 2.07. The van der Waals surface area contributed by atoms with Gasteiger partial charge in [0, 0.05) is 25.1 Å². The smallest absolute Gasteiger partial charge is 0.335 e. The fourth-order valence-corrected chi connectivity index (χ4v) is 4.25. The zero-order valence-corrected chi connectivity index (χ0v) is 13.9. The van der Waals surface area contributed by atoms with Gasteiger partial charge in [0.2, 0.25) is 0 Å². The van der Waals surface area contributed by atoms with Gasteiger partial charge in [-0.25, -0.2) is 4.79 Å². The van der Waals surface area contributed by atoms with E-state index in [1.54, 1.807) is 25.3 Å². The molecule has 1 saturated carbocycles. The number of benzene rings is 1. The summed E-state index contributed by atoms with van der Waals surface area (Å²) in [7, 11) is 1.80. The zero-order chi connectivity index (χ0) is 16.3. The lowest BCUT2D eigenvalue weighted by atomic mass is 9.53. The van der Waals surface area contributed by atoms with E-state index in [9.17, 15) is 4.79 Å². The maximum absolute atomic E-state index is 11.1. The van der Waals surface area contributed by atoms with Gasteiger partial charge in [-0.05, 0) is 36.5 Å². The Bertz CT molecular complexity index is 525. The van der Waals surface area contributed by atoms with Gasteiger partial charge in [-0.3, -0.25) is 0 Å². The van der Waals surface area contributed by atoms with Crippen LogP contribution in [-0.4, -0.2) is 30.3 Å². The number of carboxylic acids is 1. The largest absolute Gasteiger partial charge is 0.478 e. The topological polar surface area (TPSA) is 58.6 Å². The summed E-state index contributed by atoms with van der Waals surface area (Å²) in [6, 6.07) is 7.54. The fraction of sp³-hybridized carbons (Fsp3) is 0.611. The highest BCUT2D eigenvalue weighted by Gasteiger charge is 2.57. The Labute approximate surface area is 132 Å². The lowest BCUT2D eigenvalue weighted by Gasteiger charge is -2.60. The highest BCUT2D eigenvalue weighted by Crippen LogP contribution is 2.52. The molecule has 0 saturated heterocycles. The van der Waals surface area contributed by atoms with Gasteiger partial charge in [-0.2, -0.15) is 0 Å². The molecule has 0 spiro atoms. The first kappa shape index (κ1) is 17.0. The number of nitrogens with one attached hydrogen (secondary N) is 1. The van der Waals surface area contributed by atoms with Crippen molar-refractivity contribution in [1.29, 1.82) is 0 Å². The van der Waals surface area contributed by atoms with Crippen molar-refractivity contribution in [3.8, 4) is 0 Å². The molecular formula is C18H27NO3. The van der Waals surface area contributed by atoms with Crippen LogP contribution in [0.15, 0.2) is 24.3 Å². The number of aromatic carboxylic acids is 1. The normalized spacial score (nSPS) is 26.5. The number of hydrogen-bond donors (Lipinski definition) is 2. The molecule has 0 radical (unpaired) electrons. The van der Waals surface area contributed by atoms with Crippen LogP contribution in [0.1, 0.15) is 49.5 Å². The van der Waals surface area contributed by atoms with Gasteiger partial charge in [0.1, 0.15) is 0 Å². The molecular weight excluding hydrogens is 278 g/mol. The number of ether oxygens (including phenoxy) is 1. The molecule has 0 bridgehead atoms. The molecule has 0 amide bonds. The van der Waals surface area contributed by atoms with Crippen LogP contribution in [0, 0.1) is 11.3 Å². The maximum atomic E-state index is 11.1. The van der Waals surface area contributed by atoms with Crippen molar-refractivity contribution in [2.45, 2.75) is 52.3 Å². The van der Waals surface area contributed by atoms with Crippen LogP contribution in [-0.2, 0) is 11.3 Å². The summed E-state index contributed by atoms with van der Waals surface area (Å²) in [5, 5.41) is 12.7. The number of carboxylic acid groups (broad SMARTS) is 1. The Morgan fingerprint density at radius 1 is 1.36 bits per heavy atom. The van der Waals surface area contributed by atoms with Crippen molar-refractivity contribution in [2.75, 3.05) is 7.11 Å². The number of rotatable bonds is 7. The van der Waals surface area contributed by atoms with Crippen molar-refractivity contribution in [3.63, 3.8) is 0 Å². The van der Waals surface area contributed by atoms with Crippen molar-refractivity contribution in [3.05, 3.63) is 35.4 Å². The zero-order valence-electron chi connectivity index (χ0n) is 13.9. The number of carbonyl (C=O) groups is 1. The van der Waals surface area contributed by atoms with Crippen LogP contribution in [0.3, 0.4) is 0 Å². The third kappa shape index (κ3) is 2.77. The third-order valence-electron chi connectivity index (χ3n) is 5.46. The van der Waals surface area contributed by atoms with Gasteiger partial charge >= 0.3 is 5.97 Å². The van der Waals surface area contributed by atoms with Gasteiger partial charge in [0.05, 0.1) is 11.7 Å². The lowest BCUT2D eigenvalue weighted by Crippen LogP contribution is -2.68. The maximum Gasteiger partial charge on any atom is 0.335 e. The van der Waals surface area contributed by atoms with Crippen LogP contribution in [0.2, 0.25) is 0 Å². The standard InChI is InChI=1S/C18H27NO3/c1-5-18(6-2)15(12(3)16(18)22-4)19-11-13-8-7-9-14(10-13)17(20)21/h7-10,12,15-16,19H,5-6,11H2,1-4H3,(H,20,21). The second kappa shape index (κ2) is 6.80. The first-order valence-electron chi connectivity index (χ1n) is 8.08. The van der Waals surface area contributed by atoms with Crippen molar-refractivity contribution in [1.82, 2.24) is 5.32 Å². The second-order valence-corrected chi connectivity index (χ2v) is 6.32. The second-order valence-electron chi connectivity index (χ2n) is 6.32. The minimum absolute atomic E-state index is 0.179. The highest BCUT2D eigenvalue weighted by molar-refractivity contribution is 5.87. The molecule has 0 heterocycles. The quantitative estimate of drug-likeness (QED) is 0.811. The van der Waals surface area contributed by atoms with E-state index in [1.807, 2.05) is 6.07 Å². The van der Waals surface area contributed by atoms with Crippen molar-refractivity contribution in [2.24, 2.45) is 11.3 Å². The molecule has 2 rings (SSSR count). The first-order chi connectivity index (χ1) is 10.5. The summed E-state index contributed by atoms with van der Waals surface area (Å²) < 4.78 is 5.71. The Morgan fingerprint density at radius 2 is 2.05 bits per heavy atom. The van der Waals surface area contributed by atoms with E-state index in [0.29, 0.717) is 30.2 Å². The van der Waals surface area contributed by atoms with E-state index in [0.717, 1.165) is 18.4 Å². The van der Waals surface area contributed by atoms with Gasteiger partial charge in [0.15, 0.2) is 0 Å². The summed E-state index contributed by atoms with van der Waals surface area (Å²) in [5.74, 6) is -0.415. The van der Waals surface area contributed by atoms with Crippen LogP contribution in [0.5, 0.6) is 0 Å². The van der Waals surface area contributed by atoms with E-state index in [1.165, 1.54) is 0 Å². The minimum atomic E-state index is -0.880. The highest BCUT2D eigenvalue weighted by atomic mass is 16.5. The van der Waals surface area contributed by atoms with E-state index in [4.69, 9.17) is 9.84 Å². The van der Waals surface area contributed by atoms with Crippen LogP contribution in [0.4, 0.5) is 0 Å². The average molecular weight is 305 g/mol. The first-order valence-corrected chi connectivity index (χ1v) is 8.08. The SMILES string of the molecule is CCC1(CC)C(NCc2cccc(C(=O)O)c2)C(C)C1OC. The molecule has 1 aliphatic rings. The average Bonchev–Trinajstić information content (AvgIpc) is 2.52. The molecule has 1 aliphatic carbocycles. The molecule has 3 unspecified atom stereocenters. The molecule has 22 heavy (non-hydrogen) atoms. The summed E-state index contributed by atoms with van der Waals surface area (Å²) >= 11 is 0. The third-order valence-corrected chi connectivity index (χ3v) is 5.46. The molecule has 1 fully saturated rings. The number of methoxy groups -OCH3 is 1. The predicted octanol–water partition coefficient (Wildman–Crippen LogP) is 3.31. The van der Waals surface area contributed by atoms with Crippen LogP contribution >= 0.6 is 0 Å². The van der Waals surface area contributed by atoms with E-state index in [-0.39, 0.29) is 5.41 Å². The molecule has 4 heteroatoms. The van der Waals surface area contributed by atoms with Crippen molar-refractivity contribution < 1.29 is 14.6 Å². The summed E-state index contributed by atoms with van der Waals surface area (Å²) in [6.45, 7) is 7.36. The Kier molecular flexibility index (Phi) is 5.24. The van der Waals surface area contributed by atoms with Crippen LogP contribution in [0.25, 0.3) is 0 Å². The van der Waals surface area contributed by atoms with E-state index < -0.39 is 5.97 Å². The van der Waals surface area contributed by atoms with Gasteiger partial charge in [-0.1, -0.05) is 32.9 Å². The lowest BCUT2D eigenvalue weighted by molar-refractivity contribution is -0.168. The summed E-state index contributed by atoms with van der Waals surface area (Å²) in [6.07, 6.45) is 2.46. The van der Waals surface area contributed by atoms with E-state index in [2.05, 4.69) is 26.1 Å². The molecule has 0 aromatic heterocycles. The molecule has 2 N–H and O–H groups in total. The predicted molar refractivity (Wildman–Crippen MR) is 87.0 cm³/mol. The molecule has 1 aromatic rings. The molecule has 3 atom stereocenters. The Morgan fingerprint density at radius 3 is 2.59 bits per heavy atom. The van der Waals surface area contributed by atoms with E-state index >= 15 is 0 Å². The molecule has 4 nitrogen and oxygen atoms in total. The van der Waals surface area contributed by atoms with Crippen LogP contribution < -0.4 is 5.32 Å². The molecule has 0 aliphatic heterocycles. The molecule has 1 aromatic carbocycles. The Hall–Kier alpha value is -1.39. The van der Waals surface area contributed by atoms with Gasteiger partial charge < -0.3 is 15.2 Å². The fourth-order valence-electron chi connectivity index (χ4n) is 4.25. The van der Waals surface area contributed by atoms with Gasteiger partial charge in [-0.15, -0.1) is 0 Å².